The van der Waals surface area contributed by atoms with E-state index in [4.69, 9.17) is 21.1 Å². The number of carbonyl (C=O) groups excluding carboxylic acids is 1. The molecular weight excluding hydrogens is 352 g/mol. The highest BCUT2D eigenvalue weighted by atomic mass is 35.5. The molecule has 2 rings (SSSR count). The minimum Gasteiger partial charge on any atom is -0.484 e. The molecule has 2 aromatic rings. The fourth-order valence-corrected chi connectivity index (χ4v) is 2.34. The van der Waals surface area contributed by atoms with Crippen LogP contribution in [0.4, 0.5) is 4.79 Å². The maximum Gasteiger partial charge on any atom is 0.407 e. The maximum atomic E-state index is 11.9. The number of aromatic nitrogens is 1. The fraction of sp³-hybridized carbons (Fsp3) is 0.300. The molecule has 1 atom stereocenters. The van der Waals surface area contributed by atoms with Crippen molar-refractivity contribution in [1.82, 2.24) is 10.3 Å². The van der Waals surface area contributed by atoms with Crippen LogP contribution >= 0.6 is 11.6 Å². The van der Waals surface area contributed by atoms with Gasteiger partial charge in [0.15, 0.2) is 0 Å². The van der Waals surface area contributed by atoms with Gasteiger partial charge in [-0.3, -0.25) is 4.98 Å². The fourth-order valence-electron chi connectivity index (χ4n) is 2.08. The van der Waals surface area contributed by atoms with E-state index in [9.17, 15) is 4.79 Å². The van der Waals surface area contributed by atoms with Crippen LogP contribution in [0.25, 0.3) is 5.03 Å². The van der Waals surface area contributed by atoms with Crippen molar-refractivity contribution in [2.24, 2.45) is 0 Å². The summed E-state index contributed by atoms with van der Waals surface area (Å²) >= 11 is 6.40. The average Bonchev–Trinajstić information content (AvgIpc) is 2.60. The molecule has 0 saturated carbocycles. The van der Waals surface area contributed by atoms with Crippen molar-refractivity contribution in [3.05, 3.63) is 66.5 Å². The molecule has 1 amide bonds. The van der Waals surface area contributed by atoms with Crippen LogP contribution in [0.3, 0.4) is 0 Å². The topological polar surface area (TPSA) is 60.5 Å². The molecule has 1 aromatic heterocycles. The van der Waals surface area contributed by atoms with Crippen LogP contribution in [-0.2, 0) is 4.74 Å². The van der Waals surface area contributed by atoms with Crippen molar-refractivity contribution in [3.63, 3.8) is 0 Å². The summed E-state index contributed by atoms with van der Waals surface area (Å²) in [6, 6.07) is 13.0. The lowest BCUT2D eigenvalue weighted by Gasteiger charge is -2.22. The summed E-state index contributed by atoms with van der Waals surface area (Å²) in [5, 5.41) is 3.23. The Morgan fingerprint density at radius 3 is 2.46 bits per heavy atom. The van der Waals surface area contributed by atoms with Gasteiger partial charge in [-0.05, 0) is 56.7 Å². The zero-order valence-electron chi connectivity index (χ0n) is 15.1. The summed E-state index contributed by atoms with van der Waals surface area (Å²) in [6.07, 6.45) is 4.11. The van der Waals surface area contributed by atoms with Gasteiger partial charge in [-0.15, -0.1) is 0 Å². The van der Waals surface area contributed by atoms with Gasteiger partial charge in [-0.1, -0.05) is 29.8 Å². The van der Waals surface area contributed by atoms with Crippen molar-refractivity contribution in [2.45, 2.75) is 32.5 Å². The van der Waals surface area contributed by atoms with Crippen molar-refractivity contribution >= 4 is 22.7 Å². The molecule has 0 saturated heterocycles. The number of nitrogens with one attached hydrogen (secondary N) is 1. The van der Waals surface area contributed by atoms with Gasteiger partial charge in [0, 0.05) is 17.4 Å². The van der Waals surface area contributed by atoms with Crippen molar-refractivity contribution in [2.75, 3.05) is 6.54 Å². The second-order valence-electron chi connectivity index (χ2n) is 6.60. The van der Waals surface area contributed by atoms with Gasteiger partial charge in [0.25, 0.3) is 0 Å². The van der Waals surface area contributed by atoms with Crippen molar-refractivity contribution < 1.29 is 14.3 Å². The Bertz CT molecular complexity index is 728. The molecule has 0 aliphatic carbocycles. The predicted octanol–water partition coefficient (Wildman–Crippen LogP) is 4.63. The third-order valence-corrected chi connectivity index (χ3v) is 3.51. The summed E-state index contributed by atoms with van der Waals surface area (Å²) in [5.74, 6) is 0.680. The molecule has 0 aliphatic heterocycles. The number of nitrogens with zero attached hydrogens (tertiary/aromatic N) is 1. The Morgan fingerprint density at radius 2 is 1.85 bits per heavy atom. The van der Waals surface area contributed by atoms with E-state index in [-0.39, 0.29) is 6.54 Å². The number of pyridine rings is 1. The van der Waals surface area contributed by atoms with Crippen LogP contribution in [0, 0.1) is 0 Å². The van der Waals surface area contributed by atoms with E-state index in [2.05, 4.69) is 10.3 Å². The first-order chi connectivity index (χ1) is 12.3. The number of rotatable bonds is 6. The Labute approximate surface area is 159 Å². The SMILES string of the molecule is CC(C)(C)OC(=O)NCC(/C=C(/Cl)c1ccncc1)Oc1ccccc1. The van der Waals surface area contributed by atoms with Gasteiger partial charge in [0.1, 0.15) is 17.5 Å². The normalized spacial score (nSPS) is 13.0. The van der Waals surface area contributed by atoms with Gasteiger partial charge in [-0.2, -0.15) is 0 Å². The molecule has 26 heavy (non-hydrogen) atoms. The molecule has 1 unspecified atom stereocenters. The van der Waals surface area contributed by atoms with Crippen LogP contribution in [0.2, 0.25) is 0 Å². The second kappa shape index (κ2) is 9.25. The Hall–Kier alpha value is -2.53. The minimum atomic E-state index is -0.565. The highest BCUT2D eigenvalue weighted by molar-refractivity contribution is 6.48. The Balaban J connectivity index is 2.10. The number of benzene rings is 1. The quantitative estimate of drug-likeness (QED) is 0.800. The van der Waals surface area contributed by atoms with Crippen molar-refractivity contribution in [3.8, 4) is 5.75 Å². The smallest absolute Gasteiger partial charge is 0.407 e. The van der Waals surface area contributed by atoms with E-state index in [0.29, 0.717) is 10.8 Å². The zero-order chi connectivity index (χ0) is 19.0. The van der Waals surface area contributed by atoms with Crippen molar-refractivity contribution in [1.29, 1.82) is 0 Å². The van der Waals surface area contributed by atoms with Crippen LogP contribution in [0.1, 0.15) is 26.3 Å². The standard InChI is InChI=1S/C20H23ClN2O3/c1-20(2,3)26-19(24)23-14-17(25-16-7-5-4-6-8-16)13-18(21)15-9-11-22-12-10-15/h4-13,17H,14H2,1-3H3,(H,23,24)/b18-13+. The van der Waals surface area contributed by atoms with Gasteiger partial charge >= 0.3 is 6.09 Å². The molecule has 0 spiro atoms. The van der Waals surface area contributed by atoms with Gasteiger partial charge in [0.2, 0.25) is 0 Å². The Kier molecular flexibility index (Phi) is 7.04. The lowest BCUT2D eigenvalue weighted by molar-refractivity contribution is 0.0510. The number of halogens is 1. The van der Waals surface area contributed by atoms with E-state index >= 15 is 0 Å². The highest BCUT2D eigenvalue weighted by Crippen LogP contribution is 2.20. The van der Waals surface area contributed by atoms with Gasteiger partial charge < -0.3 is 14.8 Å². The van der Waals surface area contributed by atoms with Crippen LogP contribution < -0.4 is 10.1 Å². The third kappa shape index (κ3) is 7.15. The maximum absolute atomic E-state index is 11.9. The predicted molar refractivity (Wildman–Crippen MR) is 103 cm³/mol. The molecule has 1 aromatic carbocycles. The molecule has 6 heteroatoms. The van der Waals surface area contributed by atoms with E-state index < -0.39 is 17.8 Å². The largest absolute Gasteiger partial charge is 0.484 e. The van der Waals surface area contributed by atoms with Crippen LogP contribution in [0.15, 0.2) is 60.9 Å². The lowest BCUT2D eigenvalue weighted by Crippen LogP contribution is -2.38. The molecular formula is C20H23ClN2O3. The van der Waals surface area contributed by atoms with Crippen LogP contribution in [0.5, 0.6) is 5.75 Å². The number of ether oxygens (including phenoxy) is 2. The van der Waals surface area contributed by atoms with E-state index in [0.717, 1.165) is 5.56 Å². The van der Waals surface area contributed by atoms with E-state index in [1.165, 1.54) is 0 Å². The number of carbonyl (C=O) groups is 1. The lowest BCUT2D eigenvalue weighted by atomic mass is 10.2. The summed E-state index contributed by atoms with van der Waals surface area (Å²) in [7, 11) is 0. The number of para-hydroxylation sites is 1. The highest BCUT2D eigenvalue weighted by Gasteiger charge is 2.18. The van der Waals surface area contributed by atoms with Gasteiger partial charge in [-0.25, -0.2) is 4.79 Å². The summed E-state index contributed by atoms with van der Waals surface area (Å²) < 4.78 is 11.2. The molecule has 5 nitrogen and oxygen atoms in total. The van der Waals surface area contributed by atoms with Crippen LogP contribution in [-0.4, -0.2) is 29.3 Å². The Morgan fingerprint density at radius 1 is 1.19 bits per heavy atom. The number of alkyl carbamates (subject to hydrolysis) is 1. The third-order valence-electron chi connectivity index (χ3n) is 3.17. The first-order valence-electron chi connectivity index (χ1n) is 8.30. The van der Waals surface area contributed by atoms with E-state index in [1.54, 1.807) is 30.6 Å². The number of amides is 1. The average molecular weight is 375 g/mol. The first-order valence-corrected chi connectivity index (χ1v) is 8.67. The molecule has 0 fully saturated rings. The van der Waals surface area contributed by atoms with Gasteiger partial charge in [0.05, 0.1) is 6.54 Å². The molecule has 0 bridgehead atoms. The number of hydrogen-bond acceptors (Lipinski definition) is 4. The molecule has 0 radical (unpaired) electrons. The summed E-state index contributed by atoms with van der Waals surface area (Å²) in [4.78, 5) is 15.9. The second-order valence-corrected chi connectivity index (χ2v) is 7.01. The molecule has 138 valence electrons. The zero-order valence-corrected chi connectivity index (χ0v) is 15.9. The first kappa shape index (κ1) is 19.8. The minimum absolute atomic E-state index is 0.213. The van der Waals surface area contributed by atoms with E-state index in [1.807, 2.05) is 51.1 Å². The monoisotopic (exact) mass is 374 g/mol. The number of hydrogen-bond donors (Lipinski definition) is 1. The molecule has 1 heterocycles. The summed E-state index contributed by atoms with van der Waals surface area (Å²) in [6.45, 7) is 5.64. The molecule has 0 aliphatic rings. The summed E-state index contributed by atoms with van der Waals surface area (Å²) in [5.41, 5.74) is 0.255. The molecule has 1 N–H and O–H groups in total.